The Kier molecular flexibility index (Phi) is 2.85. The predicted octanol–water partition coefficient (Wildman–Crippen LogP) is 0.726. The van der Waals surface area contributed by atoms with E-state index in [0.29, 0.717) is 0 Å². The molecule has 0 aromatic carbocycles. The molecule has 0 aliphatic carbocycles. The first kappa shape index (κ1) is 9.96. The monoisotopic (exact) mass is 204 g/mol. The second kappa shape index (κ2) is 4.29. The maximum absolute atomic E-state index is 11.3. The normalized spacial score (nSPS) is 21.3. The van der Waals surface area contributed by atoms with Gasteiger partial charge in [0.15, 0.2) is 0 Å². The third kappa shape index (κ3) is 2.09. The number of hydrogen-bond acceptors (Lipinski definition) is 3. The lowest BCUT2D eigenvalue weighted by Crippen LogP contribution is -2.48. The zero-order valence-electron chi connectivity index (χ0n) is 8.52. The highest BCUT2D eigenvalue weighted by molar-refractivity contribution is 5.83. The fraction of sp³-hybridized carbons (Fsp3) is 0.455. The van der Waals surface area contributed by atoms with Crippen LogP contribution in [-0.2, 0) is 4.79 Å². The minimum absolute atomic E-state index is 0.200. The summed E-state index contributed by atoms with van der Waals surface area (Å²) in [6.07, 6.45) is 4.59. The van der Waals surface area contributed by atoms with E-state index in [0.717, 1.165) is 31.6 Å². The van der Waals surface area contributed by atoms with Gasteiger partial charge in [-0.3, -0.25) is 4.79 Å². The van der Waals surface area contributed by atoms with Crippen LogP contribution in [0.2, 0.25) is 0 Å². The molecule has 0 saturated carbocycles. The number of piperidine rings is 1. The van der Waals surface area contributed by atoms with Gasteiger partial charge in [-0.25, -0.2) is 4.98 Å². The van der Waals surface area contributed by atoms with E-state index in [2.05, 4.69) is 11.1 Å². The number of hydrogen-bond donors (Lipinski definition) is 1. The number of pyridine rings is 1. The summed E-state index contributed by atoms with van der Waals surface area (Å²) in [5.74, 6) is 0.557. The molecule has 2 heterocycles. The van der Waals surface area contributed by atoms with Gasteiger partial charge < -0.3 is 10.6 Å². The summed E-state index contributed by atoms with van der Waals surface area (Å²) in [6, 6.07) is 6.32. The van der Waals surface area contributed by atoms with Crippen LogP contribution in [0.5, 0.6) is 0 Å². The van der Waals surface area contributed by atoms with Crippen LogP contribution < -0.4 is 10.6 Å². The van der Waals surface area contributed by atoms with E-state index in [1.54, 1.807) is 12.3 Å². The molecule has 1 aromatic rings. The van der Waals surface area contributed by atoms with Gasteiger partial charge in [0.05, 0.1) is 0 Å². The second-order valence-electron chi connectivity index (χ2n) is 3.72. The van der Waals surface area contributed by atoms with Crippen LogP contribution in [0, 0.1) is 6.07 Å². The number of aromatic nitrogens is 1. The minimum Gasteiger partial charge on any atom is -0.368 e. The minimum atomic E-state index is -0.260. The van der Waals surface area contributed by atoms with Crippen LogP contribution in [0.1, 0.15) is 19.3 Å². The zero-order chi connectivity index (χ0) is 10.7. The van der Waals surface area contributed by atoms with Crippen molar-refractivity contribution in [1.82, 2.24) is 4.98 Å². The zero-order valence-corrected chi connectivity index (χ0v) is 8.52. The Bertz CT molecular complexity index is 339. The number of rotatable bonds is 2. The van der Waals surface area contributed by atoms with Crippen molar-refractivity contribution >= 4 is 11.7 Å². The first-order valence-electron chi connectivity index (χ1n) is 5.17. The number of nitrogens with two attached hydrogens (primary N) is 1. The predicted molar refractivity (Wildman–Crippen MR) is 57.3 cm³/mol. The third-order valence-electron chi connectivity index (χ3n) is 2.73. The van der Waals surface area contributed by atoms with E-state index in [4.69, 9.17) is 5.73 Å². The summed E-state index contributed by atoms with van der Waals surface area (Å²) in [4.78, 5) is 17.5. The van der Waals surface area contributed by atoms with Crippen LogP contribution in [0.15, 0.2) is 18.3 Å². The molecular weight excluding hydrogens is 190 g/mol. The average molecular weight is 204 g/mol. The molecule has 15 heavy (non-hydrogen) atoms. The number of carbonyl (C=O) groups excluding carboxylic acids is 1. The van der Waals surface area contributed by atoms with Crippen molar-refractivity contribution in [3.05, 3.63) is 24.4 Å². The Hall–Kier alpha value is -1.58. The van der Waals surface area contributed by atoms with Gasteiger partial charge in [-0.2, -0.15) is 0 Å². The van der Waals surface area contributed by atoms with Gasteiger partial charge in [-0.1, -0.05) is 0 Å². The standard InChI is InChI=1S/C11H14N3O/c12-11(15)9-5-2-4-8-14(9)10-6-1-3-7-13-10/h1,6-7,9H,2,4-5,8H2,(H2,12,15). The Morgan fingerprint density at radius 3 is 3.13 bits per heavy atom. The highest BCUT2D eigenvalue weighted by Gasteiger charge is 2.27. The molecule has 0 spiro atoms. The number of anilines is 1. The Morgan fingerprint density at radius 2 is 2.47 bits per heavy atom. The van der Waals surface area contributed by atoms with Crippen molar-refractivity contribution in [1.29, 1.82) is 0 Å². The van der Waals surface area contributed by atoms with Gasteiger partial charge in [-0.05, 0) is 31.4 Å². The number of carbonyl (C=O) groups is 1. The van der Waals surface area contributed by atoms with Gasteiger partial charge in [0.25, 0.3) is 0 Å². The molecule has 1 unspecified atom stereocenters. The fourth-order valence-electron chi connectivity index (χ4n) is 1.98. The molecule has 79 valence electrons. The molecule has 1 aliphatic heterocycles. The maximum atomic E-state index is 11.3. The van der Waals surface area contributed by atoms with Crippen molar-refractivity contribution in [3.8, 4) is 0 Å². The molecule has 4 heteroatoms. The lowest BCUT2D eigenvalue weighted by molar-refractivity contribution is -0.119. The van der Waals surface area contributed by atoms with Crippen LogP contribution >= 0.6 is 0 Å². The Balaban J connectivity index is 2.22. The lowest BCUT2D eigenvalue weighted by atomic mass is 10.0. The first-order chi connectivity index (χ1) is 7.29. The number of primary amides is 1. The van der Waals surface area contributed by atoms with Gasteiger partial charge >= 0.3 is 0 Å². The van der Waals surface area contributed by atoms with Crippen LogP contribution in [0.4, 0.5) is 5.82 Å². The van der Waals surface area contributed by atoms with E-state index < -0.39 is 0 Å². The van der Waals surface area contributed by atoms with Crippen LogP contribution in [-0.4, -0.2) is 23.5 Å². The summed E-state index contributed by atoms with van der Waals surface area (Å²) in [5.41, 5.74) is 5.38. The summed E-state index contributed by atoms with van der Waals surface area (Å²) in [7, 11) is 0. The quantitative estimate of drug-likeness (QED) is 0.772. The molecule has 1 saturated heterocycles. The van der Waals surface area contributed by atoms with Crippen molar-refractivity contribution in [2.24, 2.45) is 5.73 Å². The molecule has 2 rings (SSSR count). The van der Waals surface area contributed by atoms with Crippen molar-refractivity contribution < 1.29 is 4.79 Å². The summed E-state index contributed by atoms with van der Waals surface area (Å²) in [5, 5.41) is 0. The summed E-state index contributed by atoms with van der Waals surface area (Å²) < 4.78 is 0. The molecule has 2 N–H and O–H groups in total. The summed E-state index contributed by atoms with van der Waals surface area (Å²) >= 11 is 0. The van der Waals surface area contributed by atoms with E-state index in [1.807, 2.05) is 11.0 Å². The summed E-state index contributed by atoms with van der Waals surface area (Å²) in [6.45, 7) is 0.852. The maximum Gasteiger partial charge on any atom is 0.240 e. The molecule has 1 atom stereocenters. The van der Waals surface area contributed by atoms with Gasteiger partial charge in [0.2, 0.25) is 5.91 Å². The lowest BCUT2D eigenvalue weighted by Gasteiger charge is -2.34. The van der Waals surface area contributed by atoms with E-state index in [1.165, 1.54) is 0 Å². The highest BCUT2D eigenvalue weighted by atomic mass is 16.1. The fourth-order valence-corrected chi connectivity index (χ4v) is 1.98. The molecule has 1 amide bonds. The van der Waals surface area contributed by atoms with Crippen molar-refractivity contribution in [2.75, 3.05) is 11.4 Å². The van der Waals surface area contributed by atoms with Crippen molar-refractivity contribution in [2.45, 2.75) is 25.3 Å². The Morgan fingerprint density at radius 1 is 1.60 bits per heavy atom. The van der Waals surface area contributed by atoms with E-state index >= 15 is 0 Å². The average Bonchev–Trinajstić information content (AvgIpc) is 2.30. The van der Waals surface area contributed by atoms with E-state index in [9.17, 15) is 4.79 Å². The van der Waals surface area contributed by atoms with Gasteiger partial charge in [0.1, 0.15) is 11.9 Å². The number of amides is 1. The second-order valence-corrected chi connectivity index (χ2v) is 3.72. The molecule has 1 radical (unpaired) electrons. The topological polar surface area (TPSA) is 59.2 Å². The van der Waals surface area contributed by atoms with E-state index in [-0.39, 0.29) is 11.9 Å². The van der Waals surface area contributed by atoms with Gasteiger partial charge in [0, 0.05) is 18.8 Å². The Labute approximate surface area is 89.1 Å². The largest absolute Gasteiger partial charge is 0.368 e. The van der Waals surface area contributed by atoms with Crippen molar-refractivity contribution in [3.63, 3.8) is 0 Å². The van der Waals surface area contributed by atoms with Gasteiger partial charge in [-0.15, -0.1) is 0 Å². The van der Waals surface area contributed by atoms with Crippen LogP contribution in [0.3, 0.4) is 0 Å². The van der Waals surface area contributed by atoms with Crippen LogP contribution in [0.25, 0.3) is 0 Å². The molecule has 0 bridgehead atoms. The molecule has 4 nitrogen and oxygen atoms in total. The SMILES string of the molecule is NC(=O)C1CCCCN1c1cc[c]cn1. The first-order valence-corrected chi connectivity index (χ1v) is 5.17. The third-order valence-corrected chi connectivity index (χ3v) is 2.73. The molecule has 1 fully saturated rings. The number of nitrogens with zero attached hydrogens (tertiary/aromatic N) is 2. The molecule has 1 aliphatic rings. The smallest absolute Gasteiger partial charge is 0.240 e. The molecule has 1 aromatic heterocycles. The highest BCUT2D eigenvalue weighted by Crippen LogP contribution is 2.22. The molecular formula is C11H14N3O.